The Bertz CT molecular complexity index is 670. The van der Waals surface area contributed by atoms with Crippen LogP contribution in [0.1, 0.15) is 10.4 Å². The van der Waals surface area contributed by atoms with E-state index >= 15 is 0 Å². The van der Waals surface area contributed by atoms with Crippen LogP contribution >= 0.6 is 83.7 Å². The second-order valence-corrected chi connectivity index (χ2v) is 8.25. The van der Waals surface area contributed by atoms with E-state index in [9.17, 15) is 9.18 Å². The molecule has 0 aliphatic carbocycles. The van der Waals surface area contributed by atoms with Crippen LogP contribution in [0.5, 0.6) is 0 Å². The number of carbonyl (C=O) groups excluding carboxylic acids is 1. The Morgan fingerprint density at radius 3 is 2.25 bits per heavy atom. The number of hydrogen-bond donors (Lipinski definition) is 1. The Labute approximate surface area is 164 Å². The number of benzene rings is 2. The number of rotatable bonds is 2. The van der Waals surface area contributed by atoms with E-state index in [-0.39, 0.29) is 11.7 Å². The summed E-state index contributed by atoms with van der Waals surface area (Å²) in [6.45, 7) is 0. The highest BCUT2D eigenvalue weighted by Gasteiger charge is 2.14. The Morgan fingerprint density at radius 2 is 1.70 bits per heavy atom. The molecule has 2 aromatic carbocycles. The van der Waals surface area contributed by atoms with Gasteiger partial charge in [0.05, 0.1) is 11.3 Å². The summed E-state index contributed by atoms with van der Waals surface area (Å²) in [4.78, 5) is 12.3. The van der Waals surface area contributed by atoms with Crippen LogP contribution in [0.3, 0.4) is 0 Å². The zero-order valence-corrected chi connectivity index (χ0v) is 17.7. The molecule has 0 atom stereocenters. The van der Waals surface area contributed by atoms with Gasteiger partial charge < -0.3 is 5.32 Å². The Balaban J connectivity index is 2.33. The molecule has 0 spiro atoms. The van der Waals surface area contributed by atoms with Gasteiger partial charge in [0.25, 0.3) is 5.91 Å². The number of amides is 1. The predicted octanol–water partition coefficient (Wildman–Crippen LogP) is 5.65. The van der Waals surface area contributed by atoms with Gasteiger partial charge >= 0.3 is 0 Å². The number of nitrogens with one attached hydrogen (secondary N) is 1. The lowest BCUT2D eigenvalue weighted by Gasteiger charge is -2.11. The van der Waals surface area contributed by atoms with E-state index < -0.39 is 0 Å². The first kappa shape index (κ1) is 16.9. The van der Waals surface area contributed by atoms with Crippen molar-refractivity contribution in [3.8, 4) is 0 Å². The van der Waals surface area contributed by atoms with Crippen molar-refractivity contribution in [1.29, 1.82) is 0 Å². The molecule has 104 valence electrons. The zero-order chi connectivity index (χ0) is 14.9. The van der Waals surface area contributed by atoms with Gasteiger partial charge in [-0.1, -0.05) is 0 Å². The van der Waals surface area contributed by atoms with Crippen LogP contribution in [0.2, 0.25) is 0 Å². The maximum Gasteiger partial charge on any atom is 0.256 e. The first-order chi connectivity index (χ1) is 9.38. The molecule has 0 heterocycles. The molecule has 0 fully saturated rings. The normalized spacial score (nSPS) is 10.4. The van der Waals surface area contributed by atoms with Crippen LogP contribution in [0.4, 0.5) is 10.1 Å². The minimum absolute atomic E-state index is 0.270. The summed E-state index contributed by atoms with van der Waals surface area (Å²) in [5, 5.41) is 2.87. The Hall–Kier alpha value is 0.510. The van der Waals surface area contributed by atoms with Crippen molar-refractivity contribution in [3.05, 3.63) is 56.9 Å². The van der Waals surface area contributed by atoms with E-state index in [4.69, 9.17) is 0 Å². The Kier molecular flexibility index (Phi) is 6.06. The quantitative estimate of drug-likeness (QED) is 0.411. The molecule has 2 aromatic rings. The molecule has 1 amide bonds. The lowest BCUT2D eigenvalue weighted by atomic mass is 10.2. The number of halogens is 5. The molecule has 0 radical (unpaired) electrons. The van der Waals surface area contributed by atoms with Gasteiger partial charge in [0, 0.05) is 15.2 Å². The molecule has 0 bridgehead atoms. The molecule has 7 heteroatoms. The van der Waals surface area contributed by atoms with Crippen LogP contribution in [-0.4, -0.2) is 5.91 Å². The van der Waals surface area contributed by atoms with Gasteiger partial charge in [-0.2, -0.15) is 0 Å². The largest absolute Gasteiger partial charge is 0.320 e. The van der Waals surface area contributed by atoms with Crippen LogP contribution in [-0.2, 0) is 0 Å². The summed E-state index contributed by atoms with van der Waals surface area (Å²) in [6, 6.07) is 7.97. The topological polar surface area (TPSA) is 29.1 Å². The highest BCUT2D eigenvalue weighted by molar-refractivity contribution is 14.1. The van der Waals surface area contributed by atoms with E-state index in [1.165, 1.54) is 18.2 Å². The molecule has 2 rings (SSSR count). The second-order valence-electron chi connectivity index (χ2n) is 3.82. The first-order valence-corrected chi connectivity index (χ1v) is 9.32. The fraction of sp³-hybridized carbons (Fsp3) is 0. The van der Waals surface area contributed by atoms with E-state index in [2.05, 4.69) is 89.0 Å². The van der Waals surface area contributed by atoms with Crippen molar-refractivity contribution >= 4 is 95.3 Å². The second kappa shape index (κ2) is 7.18. The minimum Gasteiger partial charge on any atom is -0.320 e. The molecule has 0 saturated carbocycles. The predicted molar refractivity (Wildman–Crippen MR) is 107 cm³/mol. The van der Waals surface area contributed by atoms with Crippen molar-refractivity contribution in [2.45, 2.75) is 0 Å². The maximum atomic E-state index is 13.0. The molecular formula is C13H6BrFI3NO. The van der Waals surface area contributed by atoms with Crippen molar-refractivity contribution in [2.24, 2.45) is 0 Å². The molecule has 0 unspecified atom stereocenters. The van der Waals surface area contributed by atoms with E-state index in [1.807, 2.05) is 12.1 Å². The van der Waals surface area contributed by atoms with Crippen LogP contribution < -0.4 is 5.32 Å². The summed E-state index contributed by atoms with van der Waals surface area (Å²) < 4.78 is 16.5. The van der Waals surface area contributed by atoms with E-state index in [0.717, 1.165) is 16.4 Å². The van der Waals surface area contributed by atoms with Crippen molar-refractivity contribution in [1.82, 2.24) is 0 Å². The van der Waals surface area contributed by atoms with Gasteiger partial charge in [-0.25, -0.2) is 4.39 Å². The van der Waals surface area contributed by atoms with Crippen LogP contribution in [0.25, 0.3) is 0 Å². The van der Waals surface area contributed by atoms with Gasteiger partial charge in [0.15, 0.2) is 0 Å². The smallest absolute Gasteiger partial charge is 0.256 e. The summed E-state index contributed by atoms with van der Waals surface area (Å²) >= 11 is 9.80. The van der Waals surface area contributed by atoms with Crippen LogP contribution in [0, 0.1) is 16.5 Å². The monoisotopic (exact) mass is 671 g/mol. The molecule has 0 saturated heterocycles. The standard InChI is InChI=1S/C13H6BrFI3NO/c14-9-3-6(15)1-2-8(9)13(20)19-12-10(17)4-7(16)5-11(12)18/h1-5H,(H,19,20). The molecule has 0 aliphatic rings. The van der Waals surface area contributed by atoms with E-state index in [0.29, 0.717) is 10.0 Å². The highest BCUT2D eigenvalue weighted by atomic mass is 127. The number of carbonyl (C=O) groups is 1. The first-order valence-electron chi connectivity index (χ1n) is 5.29. The van der Waals surface area contributed by atoms with Gasteiger partial charge in [0.1, 0.15) is 5.82 Å². The van der Waals surface area contributed by atoms with Gasteiger partial charge in [-0.15, -0.1) is 0 Å². The minimum atomic E-state index is -0.383. The van der Waals surface area contributed by atoms with Gasteiger partial charge in [-0.3, -0.25) is 4.79 Å². The summed E-state index contributed by atoms with van der Waals surface area (Å²) in [5.74, 6) is -0.652. The summed E-state index contributed by atoms with van der Waals surface area (Å²) in [5.41, 5.74) is 1.17. The third kappa shape index (κ3) is 4.03. The lowest BCUT2D eigenvalue weighted by molar-refractivity contribution is 0.102. The molecular weight excluding hydrogens is 666 g/mol. The fourth-order valence-electron chi connectivity index (χ4n) is 1.52. The molecule has 0 aromatic heterocycles. The average molecular weight is 672 g/mol. The third-order valence-electron chi connectivity index (χ3n) is 2.42. The molecule has 0 aliphatic heterocycles. The number of anilines is 1. The third-order valence-corrected chi connectivity index (χ3v) is 5.40. The van der Waals surface area contributed by atoms with Crippen LogP contribution in [0.15, 0.2) is 34.8 Å². The zero-order valence-electron chi connectivity index (χ0n) is 9.68. The van der Waals surface area contributed by atoms with Crippen molar-refractivity contribution in [2.75, 3.05) is 5.32 Å². The SMILES string of the molecule is O=C(Nc1c(I)cc(I)cc1I)c1ccc(F)cc1Br. The van der Waals surface area contributed by atoms with E-state index in [1.54, 1.807) is 0 Å². The number of hydrogen-bond acceptors (Lipinski definition) is 1. The average Bonchev–Trinajstić information content (AvgIpc) is 2.33. The summed E-state index contributed by atoms with van der Waals surface area (Å²) in [7, 11) is 0. The maximum absolute atomic E-state index is 13.0. The summed E-state index contributed by atoms with van der Waals surface area (Å²) in [6.07, 6.45) is 0. The lowest BCUT2D eigenvalue weighted by Crippen LogP contribution is -2.14. The highest BCUT2D eigenvalue weighted by Crippen LogP contribution is 2.28. The fourth-order valence-corrected chi connectivity index (χ4v) is 5.90. The Morgan fingerprint density at radius 1 is 1.10 bits per heavy atom. The van der Waals surface area contributed by atoms with Gasteiger partial charge in [-0.05, 0) is 114 Å². The molecule has 1 N–H and O–H groups in total. The van der Waals surface area contributed by atoms with Gasteiger partial charge in [0.2, 0.25) is 0 Å². The van der Waals surface area contributed by atoms with Crippen molar-refractivity contribution in [3.63, 3.8) is 0 Å². The van der Waals surface area contributed by atoms with Crippen molar-refractivity contribution < 1.29 is 9.18 Å². The molecule has 2 nitrogen and oxygen atoms in total. The molecule has 20 heavy (non-hydrogen) atoms.